The number of benzene rings is 1. The number of nitrogens with zero attached hydrogens (tertiary/aromatic N) is 2. The van der Waals surface area contributed by atoms with Gasteiger partial charge in [-0.15, -0.1) is 0 Å². The molecule has 0 saturated carbocycles. The molecule has 0 spiro atoms. The molecule has 0 aliphatic heterocycles. The first-order valence-corrected chi connectivity index (χ1v) is 7.18. The molecule has 0 amide bonds. The average Bonchev–Trinajstić information content (AvgIpc) is 3.30. The van der Waals surface area contributed by atoms with Gasteiger partial charge in [0.05, 0.1) is 24.6 Å². The van der Waals surface area contributed by atoms with Gasteiger partial charge in [0, 0.05) is 11.8 Å². The minimum absolute atomic E-state index is 0.313. The number of hydrogen-bond donors (Lipinski definition) is 0. The number of ether oxygens (including phenoxy) is 1. The molecular formula is C18H14N2O4. The molecule has 0 unspecified atom stereocenters. The second kappa shape index (κ2) is 6.78. The lowest BCUT2D eigenvalue weighted by atomic mass is 10.1. The number of carbonyl (C=O) groups excluding carboxylic acids is 2. The van der Waals surface area contributed by atoms with E-state index in [0.29, 0.717) is 22.6 Å². The number of esters is 1. The summed E-state index contributed by atoms with van der Waals surface area (Å²) in [6, 6.07) is 11.6. The molecule has 0 aliphatic rings. The zero-order valence-electron chi connectivity index (χ0n) is 12.9. The van der Waals surface area contributed by atoms with Crippen LogP contribution in [0.2, 0.25) is 0 Å². The Morgan fingerprint density at radius 2 is 1.96 bits per heavy atom. The Bertz CT molecular complexity index is 891. The minimum Gasteiger partial charge on any atom is -0.465 e. The van der Waals surface area contributed by atoms with Crippen LogP contribution in [0.3, 0.4) is 0 Å². The van der Waals surface area contributed by atoms with Gasteiger partial charge in [-0.3, -0.25) is 4.79 Å². The number of rotatable bonds is 4. The Labute approximate surface area is 138 Å². The molecular weight excluding hydrogens is 308 g/mol. The van der Waals surface area contributed by atoms with Crippen LogP contribution in [0.5, 0.6) is 0 Å². The molecule has 0 atom stereocenters. The van der Waals surface area contributed by atoms with Gasteiger partial charge in [0.25, 0.3) is 5.91 Å². The quantitative estimate of drug-likeness (QED) is 0.690. The van der Waals surface area contributed by atoms with Crippen LogP contribution in [-0.2, 0) is 4.74 Å². The van der Waals surface area contributed by atoms with E-state index < -0.39 is 5.97 Å². The second-order valence-electron chi connectivity index (χ2n) is 4.91. The molecule has 2 heterocycles. The van der Waals surface area contributed by atoms with Crippen LogP contribution in [0.4, 0.5) is 0 Å². The van der Waals surface area contributed by atoms with Crippen LogP contribution < -0.4 is 0 Å². The average molecular weight is 322 g/mol. The van der Waals surface area contributed by atoms with Crippen molar-refractivity contribution in [1.29, 1.82) is 0 Å². The van der Waals surface area contributed by atoms with E-state index in [1.165, 1.54) is 17.9 Å². The lowest BCUT2D eigenvalue weighted by Crippen LogP contribution is -2.13. The second-order valence-corrected chi connectivity index (χ2v) is 4.91. The molecule has 6 nitrogen and oxygen atoms in total. The summed E-state index contributed by atoms with van der Waals surface area (Å²) in [7, 11) is 1.29. The van der Waals surface area contributed by atoms with E-state index in [9.17, 15) is 9.59 Å². The van der Waals surface area contributed by atoms with Crippen LogP contribution in [0.25, 0.3) is 12.2 Å². The number of aromatic nitrogens is 2. The van der Waals surface area contributed by atoms with Crippen LogP contribution in [0.1, 0.15) is 32.2 Å². The van der Waals surface area contributed by atoms with E-state index in [1.54, 1.807) is 54.9 Å². The molecule has 3 aromatic rings. The van der Waals surface area contributed by atoms with Gasteiger partial charge in [0.2, 0.25) is 0 Å². The Morgan fingerprint density at radius 1 is 1.12 bits per heavy atom. The zero-order valence-corrected chi connectivity index (χ0v) is 12.9. The third kappa shape index (κ3) is 3.33. The molecule has 0 bridgehead atoms. The highest BCUT2D eigenvalue weighted by molar-refractivity contribution is 5.98. The highest BCUT2D eigenvalue weighted by Crippen LogP contribution is 2.10. The SMILES string of the molecule is COC(=O)c1cccc(C(=O)n2ccc(C=Cc3ccco3)n2)c1. The molecule has 3 rings (SSSR count). The molecule has 120 valence electrons. The highest BCUT2D eigenvalue weighted by Gasteiger charge is 2.13. The minimum atomic E-state index is -0.493. The van der Waals surface area contributed by atoms with Crippen molar-refractivity contribution in [2.24, 2.45) is 0 Å². The highest BCUT2D eigenvalue weighted by atomic mass is 16.5. The topological polar surface area (TPSA) is 74.3 Å². The summed E-state index contributed by atoms with van der Waals surface area (Å²) in [6.45, 7) is 0. The third-order valence-corrected chi connectivity index (χ3v) is 3.31. The first kappa shape index (κ1) is 15.5. The number of carbonyl (C=O) groups is 2. The maximum Gasteiger partial charge on any atom is 0.337 e. The molecule has 0 fully saturated rings. The number of hydrogen-bond acceptors (Lipinski definition) is 5. The molecule has 0 radical (unpaired) electrons. The monoisotopic (exact) mass is 322 g/mol. The molecule has 6 heteroatoms. The zero-order chi connectivity index (χ0) is 16.9. The van der Waals surface area contributed by atoms with E-state index >= 15 is 0 Å². The lowest BCUT2D eigenvalue weighted by Gasteiger charge is -2.03. The van der Waals surface area contributed by atoms with Gasteiger partial charge < -0.3 is 9.15 Å². The van der Waals surface area contributed by atoms with Crippen molar-refractivity contribution >= 4 is 24.0 Å². The van der Waals surface area contributed by atoms with Gasteiger partial charge in [-0.1, -0.05) is 6.07 Å². The fourth-order valence-electron chi connectivity index (χ4n) is 2.12. The van der Waals surface area contributed by atoms with Crippen molar-refractivity contribution in [3.05, 3.63) is 77.5 Å². The first-order valence-electron chi connectivity index (χ1n) is 7.18. The van der Waals surface area contributed by atoms with Crippen molar-refractivity contribution in [2.45, 2.75) is 0 Å². The Hall–Kier alpha value is -3.41. The maximum absolute atomic E-state index is 12.5. The molecule has 2 aromatic heterocycles. The summed E-state index contributed by atoms with van der Waals surface area (Å²) in [4.78, 5) is 24.0. The van der Waals surface area contributed by atoms with Crippen LogP contribution in [0, 0.1) is 0 Å². The van der Waals surface area contributed by atoms with Gasteiger partial charge >= 0.3 is 5.97 Å². The van der Waals surface area contributed by atoms with E-state index in [1.807, 2.05) is 6.07 Å². The summed E-state index contributed by atoms with van der Waals surface area (Å²) < 4.78 is 11.1. The number of methoxy groups -OCH3 is 1. The standard InChI is InChI=1S/C18H14N2O4/c1-23-18(22)14-5-2-4-13(12-14)17(21)20-10-9-15(19-20)7-8-16-6-3-11-24-16/h2-12H,1H3. The molecule has 0 aliphatic carbocycles. The van der Waals surface area contributed by atoms with Crippen molar-refractivity contribution in [3.63, 3.8) is 0 Å². The Balaban J connectivity index is 1.80. The summed E-state index contributed by atoms with van der Waals surface area (Å²) in [5.74, 6) is -0.132. The summed E-state index contributed by atoms with van der Waals surface area (Å²) in [5, 5.41) is 4.20. The van der Waals surface area contributed by atoms with Gasteiger partial charge in [0.1, 0.15) is 5.76 Å². The lowest BCUT2D eigenvalue weighted by molar-refractivity contribution is 0.0600. The summed E-state index contributed by atoms with van der Waals surface area (Å²) in [6.07, 6.45) is 6.65. The Morgan fingerprint density at radius 3 is 2.71 bits per heavy atom. The smallest absolute Gasteiger partial charge is 0.337 e. The number of furan rings is 1. The van der Waals surface area contributed by atoms with Gasteiger partial charge in [-0.2, -0.15) is 5.10 Å². The molecule has 1 aromatic carbocycles. The summed E-state index contributed by atoms with van der Waals surface area (Å²) >= 11 is 0. The largest absolute Gasteiger partial charge is 0.465 e. The first-order chi connectivity index (χ1) is 11.7. The maximum atomic E-state index is 12.5. The summed E-state index contributed by atoms with van der Waals surface area (Å²) in [5.41, 5.74) is 1.28. The van der Waals surface area contributed by atoms with Crippen molar-refractivity contribution in [2.75, 3.05) is 7.11 Å². The van der Waals surface area contributed by atoms with Gasteiger partial charge in [-0.05, 0) is 48.6 Å². The van der Waals surface area contributed by atoms with Gasteiger partial charge in [0.15, 0.2) is 0 Å². The normalized spacial score (nSPS) is 10.9. The van der Waals surface area contributed by atoms with Crippen molar-refractivity contribution in [1.82, 2.24) is 9.78 Å². The van der Waals surface area contributed by atoms with Crippen LogP contribution >= 0.6 is 0 Å². The molecule has 0 N–H and O–H groups in total. The van der Waals surface area contributed by atoms with E-state index in [2.05, 4.69) is 9.84 Å². The fraction of sp³-hybridized carbons (Fsp3) is 0.0556. The van der Waals surface area contributed by atoms with Crippen LogP contribution in [0.15, 0.2) is 59.3 Å². The fourth-order valence-corrected chi connectivity index (χ4v) is 2.12. The Kier molecular flexibility index (Phi) is 4.38. The predicted molar refractivity (Wildman–Crippen MR) is 87.4 cm³/mol. The van der Waals surface area contributed by atoms with Crippen molar-refractivity contribution < 1.29 is 18.7 Å². The molecule has 24 heavy (non-hydrogen) atoms. The van der Waals surface area contributed by atoms with Gasteiger partial charge in [-0.25, -0.2) is 9.48 Å². The van der Waals surface area contributed by atoms with E-state index in [0.717, 1.165) is 0 Å². The van der Waals surface area contributed by atoms with Crippen LogP contribution in [-0.4, -0.2) is 28.8 Å². The van der Waals surface area contributed by atoms with Crippen molar-refractivity contribution in [3.8, 4) is 0 Å². The molecule has 0 saturated heterocycles. The van der Waals surface area contributed by atoms with E-state index in [4.69, 9.17) is 4.42 Å². The predicted octanol–water partition coefficient (Wildman–Crippen LogP) is 3.12. The van der Waals surface area contributed by atoms with E-state index in [-0.39, 0.29) is 5.91 Å². The third-order valence-electron chi connectivity index (χ3n) is 3.31.